The van der Waals surface area contributed by atoms with E-state index in [9.17, 15) is 39.0 Å². The molecule has 5 heterocycles. The van der Waals surface area contributed by atoms with Gasteiger partial charge in [-0.2, -0.15) is 0 Å². The SMILES string of the molecule is C=Cc1c(C)c2cc3[nH]c(cc4nc(cc5nc(cc1[nH]2)C(C)=C5CCC(=O)NCCNC(=O)CCC(=O)[O-])C(CCC(=O)NCCNC(=O)CCC(=O)[O-])=C4C)c(C)c3C=C.[Zn+2]. The molecule has 0 atom stereocenters. The topological polar surface area (TPSA) is 254 Å². The van der Waals surface area contributed by atoms with Gasteiger partial charge in [0, 0.05) is 97.0 Å². The van der Waals surface area contributed by atoms with Crippen LogP contribution in [0.5, 0.6) is 0 Å². The number of carbonyl (C=O) groups is 6. The molecule has 0 radical (unpaired) electrons. The largest absolute Gasteiger partial charge is 2.00 e. The summed E-state index contributed by atoms with van der Waals surface area (Å²) in [5.41, 5.74) is 13.2. The average molecular weight is 910 g/mol. The third-order valence-corrected chi connectivity index (χ3v) is 10.9. The summed E-state index contributed by atoms with van der Waals surface area (Å²) in [6.45, 7) is 16.7. The van der Waals surface area contributed by atoms with Gasteiger partial charge < -0.3 is 51.0 Å². The molecule has 3 aromatic rings. The van der Waals surface area contributed by atoms with Crippen molar-refractivity contribution in [3.63, 3.8) is 0 Å². The van der Waals surface area contributed by atoms with E-state index < -0.39 is 23.8 Å². The fraction of sp³-hybridized carbons (Fsp3) is 0.348. The minimum absolute atomic E-state index is 0. The van der Waals surface area contributed by atoms with E-state index in [2.05, 4.69) is 44.4 Å². The Balaban J connectivity index is 0.00000871. The number of nitrogens with one attached hydrogen (secondary N) is 6. The number of allylic oxidation sites excluding steroid dienone is 4. The van der Waals surface area contributed by atoms with Crippen LogP contribution in [-0.2, 0) is 48.2 Å². The first-order valence-electron chi connectivity index (χ1n) is 20.5. The molecule has 17 heteroatoms. The maximum absolute atomic E-state index is 13.1. The van der Waals surface area contributed by atoms with Crippen LogP contribution in [-0.4, -0.2) is 81.7 Å². The average Bonchev–Trinajstić information content (AvgIpc) is 3.89. The maximum atomic E-state index is 13.1. The molecular weight excluding hydrogens is 858 g/mol. The van der Waals surface area contributed by atoms with Crippen molar-refractivity contribution in [1.29, 1.82) is 0 Å². The van der Waals surface area contributed by atoms with Crippen LogP contribution >= 0.6 is 0 Å². The number of H-pyrrole nitrogens is 2. The van der Waals surface area contributed by atoms with Gasteiger partial charge >= 0.3 is 19.5 Å². The van der Waals surface area contributed by atoms with Crippen molar-refractivity contribution in [3.8, 4) is 0 Å². The third-order valence-electron chi connectivity index (χ3n) is 10.9. The second-order valence-electron chi connectivity index (χ2n) is 15.1. The van der Waals surface area contributed by atoms with Crippen LogP contribution in [0.25, 0.3) is 56.5 Å². The zero-order valence-corrected chi connectivity index (χ0v) is 39.2. The number of carbonyl (C=O) groups excluding carboxylic acids is 6. The van der Waals surface area contributed by atoms with Gasteiger partial charge in [-0.25, -0.2) is 9.97 Å². The Labute approximate surface area is 378 Å². The third kappa shape index (κ3) is 12.8. The van der Waals surface area contributed by atoms with Gasteiger partial charge in [0.15, 0.2) is 0 Å². The summed E-state index contributed by atoms with van der Waals surface area (Å²) in [5.74, 6) is -4.02. The van der Waals surface area contributed by atoms with Gasteiger partial charge in [-0.05, 0) is 111 Å². The number of hydrogen-bond donors (Lipinski definition) is 6. The number of aromatic nitrogens is 4. The molecule has 0 aliphatic carbocycles. The number of carboxylic acids is 2. The molecule has 0 saturated carbocycles. The Kier molecular flexibility index (Phi) is 17.6. The fourth-order valence-electron chi connectivity index (χ4n) is 7.37. The molecule has 0 fully saturated rings. The summed E-state index contributed by atoms with van der Waals surface area (Å²) in [7, 11) is 0. The van der Waals surface area contributed by atoms with E-state index >= 15 is 0 Å². The number of aromatic amines is 2. The van der Waals surface area contributed by atoms with Crippen molar-refractivity contribution in [1.82, 2.24) is 41.2 Å². The van der Waals surface area contributed by atoms with E-state index in [1.807, 2.05) is 58.0 Å². The van der Waals surface area contributed by atoms with Crippen molar-refractivity contribution < 1.29 is 58.5 Å². The van der Waals surface area contributed by atoms with Crippen molar-refractivity contribution in [2.24, 2.45) is 0 Å². The number of carboxylic acid groups (broad SMARTS) is 2. The summed E-state index contributed by atoms with van der Waals surface area (Å²) in [6.07, 6.45) is 3.31. The first kappa shape index (κ1) is 49.2. The molecule has 0 saturated heterocycles. The quantitative estimate of drug-likeness (QED) is 0.0714. The van der Waals surface area contributed by atoms with Crippen LogP contribution in [0, 0.1) is 13.8 Å². The van der Waals surface area contributed by atoms with Gasteiger partial charge in [0.05, 0.1) is 22.8 Å². The smallest absolute Gasteiger partial charge is 0.550 e. The van der Waals surface area contributed by atoms with Crippen molar-refractivity contribution in [2.75, 3.05) is 26.2 Å². The van der Waals surface area contributed by atoms with Gasteiger partial charge in [0.1, 0.15) is 0 Å². The van der Waals surface area contributed by atoms with Crippen molar-refractivity contribution >= 4 is 92.1 Å². The molecular formula is C46H52N8O8Zn. The molecule has 3 aromatic heterocycles. The summed E-state index contributed by atoms with van der Waals surface area (Å²) in [4.78, 5) is 88.5. The molecule has 4 amide bonds. The molecule has 0 spiro atoms. The predicted molar refractivity (Wildman–Crippen MR) is 235 cm³/mol. The van der Waals surface area contributed by atoms with Crippen LogP contribution in [0.3, 0.4) is 0 Å². The number of amides is 4. The first-order chi connectivity index (χ1) is 29.6. The first-order valence-corrected chi connectivity index (χ1v) is 20.5. The minimum Gasteiger partial charge on any atom is -0.550 e. The van der Waals surface area contributed by atoms with E-state index in [0.717, 1.165) is 66.6 Å². The van der Waals surface area contributed by atoms with Crippen LogP contribution < -0.4 is 31.5 Å². The Bertz CT molecular complexity index is 2570. The Morgan fingerprint density at radius 2 is 0.873 bits per heavy atom. The van der Waals surface area contributed by atoms with Gasteiger partial charge in [0.2, 0.25) is 23.6 Å². The number of fused-ring (bicyclic) bond motifs is 8. The monoisotopic (exact) mass is 908 g/mol. The van der Waals surface area contributed by atoms with E-state index in [1.165, 1.54) is 0 Å². The summed E-state index contributed by atoms with van der Waals surface area (Å²) in [6, 6.07) is 7.88. The number of nitrogens with zero attached hydrogens (tertiary/aromatic N) is 2. The number of hydrogen-bond acceptors (Lipinski definition) is 10. The van der Waals surface area contributed by atoms with Gasteiger partial charge in [-0.1, -0.05) is 25.3 Å². The second-order valence-corrected chi connectivity index (χ2v) is 15.1. The van der Waals surface area contributed by atoms with Gasteiger partial charge in [-0.3, -0.25) is 19.2 Å². The van der Waals surface area contributed by atoms with E-state index in [4.69, 9.17) is 9.97 Å². The number of rotatable bonds is 20. The Hall–Kier alpha value is -6.48. The molecule has 326 valence electrons. The maximum Gasteiger partial charge on any atom is 2.00 e. The summed E-state index contributed by atoms with van der Waals surface area (Å²) < 4.78 is 0. The second kappa shape index (κ2) is 22.6. The Morgan fingerprint density at radius 1 is 0.524 bits per heavy atom. The minimum atomic E-state index is -1.31. The molecule has 0 unspecified atom stereocenters. The van der Waals surface area contributed by atoms with Crippen LogP contribution in [0.15, 0.2) is 37.4 Å². The standard InChI is InChI=1S/C46H54N8O8.Zn/c1-7-29-25(3)33-21-34-27(5)31(9-11-41(55)47-17-19-49-43(57)13-15-45(59)60)39(53-34)24-40-32(10-12-42(56)48-18-20-50-44(58)14-16-46(61)62)28(6)36(54-40)23-38-30(8-2)26(4)35(52-38)22-37(29)51-33;/h7-8,21-24,51-52H,1-2,9-20H2,3-6H3,(H,47,55)(H,48,56)(H,49,57)(H,50,58)(H,59,60)(H,61,62);/q;+2/p-2. The molecule has 0 aromatic carbocycles. The number of aryl methyl sites for hydroxylation is 2. The van der Waals surface area contributed by atoms with Gasteiger partial charge in [0.25, 0.3) is 0 Å². The van der Waals surface area contributed by atoms with Gasteiger partial charge in [-0.15, -0.1) is 0 Å². The molecule has 6 N–H and O–H groups in total. The van der Waals surface area contributed by atoms with Crippen LogP contribution in [0.2, 0.25) is 0 Å². The van der Waals surface area contributed by atoms with Crippen LogP contribution in [0.1, 0.15) is 110 Å². The molecule has 8 bridgehead atoms. The Morgan fingerprint density at radius 3 is 1.25 bits per heavy atom. The van der Waals surface area contributed by atoms with Crippen LogP contribution in [0.4, 0.5) is 0 Å². The van der Waals surface area contributed by atoms with Crippen molar-refractivity contribution in [2.45, 2.75) is 79.1 Å². The molecule has 63 heavy (non-hydrogen) atoms. The number of aliphatic carboxylic acids is 2. The molecule has 2 aliphatic rings. The van der Waals surface area contributed by atoms with E-state index in [1.54, 1.807) is 6.08 Å². The summed E-state index contributed by atoms with van der Waals surface area (Å²) >= 11 is 0. The van der Waals surface area contributed by atoms with Crippen molar-refractivity contribution in [3.05, 3.63) is 82.5 Å². The van der Waals surface area contributed by atoms with E-state index in [0.29, 0.717) is 35.6 Å². The molecule has 5 rings (SSSR count). The molecule has 2 aliphatic heterocycles. The zero-order chi connectivity index (χ0) is 45.1. The van der Waals surface area contributed by atoms with E-state index in [-0.39, 0.29) is 96.0 Å². The summed E-state index contributed by atoms with van der Waals surface area (Å²) in [5, 5.41) is 32.1. The normalized spacial score (nSPS) is 12.0. The fourth-order valence-corrected chi connectivity index (χ4v) is 7.37. The zero-order valence-electron chi connectivity index (χ0n) is 36.2. The predicted octanol–water partition coefficient (Wildman–Crippen LogP) is 3.16. The molecule has 16 nitrogen and oxygen atoms in total.